The van der Waals surface area contributed by atoms with Crippen LogP contribution in [0.15, 0.2) is 71.6 Å². The van der Waals surface area contributed by atoms with E-state index in [1.807, 2.05) is 61.2 Å². The van der Waals surface area contributed by atoms with Gasteiger partial charge in [-0.25, -0.2) is 8.42 Å². The fourth-order valence-corrected chi connectivity index (χ4v) is 6.76. The molecule has 5 rings (SSSR count). The van der Waals surface area contributed by atoms with Gasteiger partial charge in [0, 0.05) is 43.5 Å². The van der Waals surface area contributed by atoms with Gasteiger partial charge in [-0.1, -0.05) is 17.7 Å². The molecule has 0 saturated carbocycles. The number of aryl methyl sites for hydroxylation is 1. The number of nitrogens with zero attached hydrogens (tertiary/aromatic N) is 3. The molecule has 36 heavy (non-hydrogen) atoms. The van der Waals surface area contributed by atoms with Crippen LogP contribution in [-0.4, -0.2) is 58.6 Å². The number of benzene rings is 3. The number of ether oxygens (including phenoxy) is 1. The van der Waals surface area contributed by atoms with Crippen LogP contribution in [0.1, 0.15) is 28.4 Å². The van der Waals surface area contributed by atoms with Gasteiger partial charge in [-0.3, -0.25) is 9.10 Å². The van der Waals surface area contributed by atoms with E-state index in [1.165, 1.54) is 4.31 Å². The van der Waals surface area contributed by atoms with E-state index >= 15 is 0 Å². The Morgan fingerprint density at radius 1 is 0.917 bits per heavy atom. The highest BCUT2D eigenvalue weighted by atomic mass is 32.2. The fraction of sp³-hybridized carbons (Fsp3) is 0.321. The highest BCUT2D eigenvalue weighted by Gasteiger charge is 2.36. The molecule has 8 heteroatoms. The van der Waals surface area contributed by atoms with Gasteiger partial charge in [-0.05, 0) is 80.4 Å². The van der Waals surface area contributed by atoms with Crippen molar-refractivity contribution in [3.05, 3.63) is 83.4 Å². The lowest BCUT2D eigenvalue weighted by molar-refractivity contribution is 0.0746. The van der Waals surface area contributed by atoms with Gasteiger partial charge in [0.05, 0.1) is 17.7 Å². The van der Waals surface area contributed by atoms with E-state index in [0.29, 0.717) is 30.8 Å². The normalized spacial score (nSPS) is 17.8. The maximum Gasteiger partial charge on any atom is 0.264 e. The summed E-state index contributed by atoms with van der Waals surface area (Å²) in [7, 11) is -2.03. The van der Waals surface area contributed by atoms with Gasteiger partial charge in [0.25, 0.3) is 15.9 Å². The topological polar surface area (TPSA) is 70.2 Å². The summed E-state index contributed by atoms with van der Waals surface area (Å²) in [6.07, 6.45) is 0.576. The number of methoxy groups -OCH3 is 1. The number of fused-ring (bicyclic) bond motifs is 1. The number of hydrogen-bond donors (Lipinski definition) is 0. The molecule has 1 saturated heterocycles. The molecule has 0 aliphatic carbocycles. The molecule has 0 aromatic heterocycles. The van der Waals surface area contributed by atoms with E-state index < -0.39 is 10.0 Å². The summed E-state index contributed by atoms with van der Waals surface area (Å²) < 4.78 is 33.5. The molecule has 3 aromatic carbocycles. The molecule has 1 atom stereocenters. The predicted octanol–water partition coefficient (Wildman–Crippen LogP) is 4.11. The standard InChI is InChI=1S/C28H31N3O4S/c1-20-4-11-26(12-5-20)36(33,34)31-21(2)18-23-19-22(6-13-27(23)31)28(32)30-16-14-29(15-17-30)24-7-9-25(35-3)10-8-24/h4-13,19,21H,14-18H2,1-3H3/t21-/m0/s1. The van der Waals surface area contributed by atoms with Crippen LogP contribution in [0.4, 0.5) is 11.4 Å². The predicted molar refractivity (Wildman–Crippen MR) is 142 cm³/mol. The molecular weight excluding hydrogens is 474 g/mol. The largest absolute Gasteiger partial charge is 0.497 e. The zero-order valence-corrected chi connectivity index (χ0v) is 21.7. The van der Waals surface area contributed by atoms with Crippen LogP contribution in [0, 0.1) is 6.92 Å². The van der Waals surface area contributed by atoms with Crippen LogP contribution < -0.4 is 13.9 Å². The molecular formula is C28H31N3O4S. The van der Waals surface area contributed by atoms with Crippen molar-refractivity contribution in [2.75, 3.05) is 42.5 Å². The van der Waals surface area contributed by atoms with Crippen LogP contribution in [0.2, 0.25) is 0 Å². The molecule has 2 heterocycles. The summed E-state index contributed by atoms with van der Waals surface area (Å²) in [5.74, 6) is 0.809. The molecule has 188 valence electrons. The third-order valence-electron chi connectivity index (χ3n) is 7.06. The first kappa shape index (κ1) is 24.2. The molecule has 3 aromatic rings. The molecule has 0 unspecified atom stereocenters. The van der Waals surface area contributed by atoms with Gasteiger partial charge in [-0.15, -0.1) is 0 Å². The summed E-state index contributed by atoms with van der Waals surface area (Å²) in [4.78, 5) is 17.7. The first-order chi connectivity index (χ1) is 17.3. The average Bonchev–Trinajstić information content (AvgIpc) is 3.24. The smallest absolute Gasteiger partial charge is 0.264 e. The van der Waals surface area contributed by atoms with Crippen molar-refractivity contribution in [1.29, 1.82) is 0 Å². The minimum Gasteiger partial charge on any atom is -0.497 e. The fourth-order valence-electron chi connectivity index (χ4n) is 5.07. The van der Waals surface area contributed by atoms with Crippen molar-refractivity contribution in [2.45, 2.75) is 31.2 Å². The zero-order chi connectivity index (χ0) is 25.4. The lowest BCUT2D eigenvalue weighted by atomic mass is 10.1. The van der Waals surface area contributed by atoms with Gasteiger partial charge in [-0.2, -0.15) is 0 Å². The summed E-state index contributed by atoms with van der Waals surface area (Å²) in [6.45, 7) is 6.61. The van der Waals surface area contributed by atoms with E-state index in [4.69, 9.17) is 4.74 Å². The minimum absolute atomic E-state index is 0.0142. The number of amides is 1. The first-order valence-electron chi connectivity index (χ1n) is 12.2. The second-order valence-corrected chi connectivity index (χ2v) is 11.3. The minimum atomic E-state index is -3.68. The van der Waals surface area contributed by atoms with Crippen molar-refractivity contribution in [1.82, 2.24) is 4.90 Å². The molecule has 2 aliphatic rings. The SMILES string of the molecule is COc1ccc(N2CCN(C(=O)c3ccc4c(c3)C[C@H](C)N4S(=O)(=O)c3ccc(C)cc3)CC2)cc1. The van der Waals surface area contributed by atoms with E-state index in [0.717, 1.165) is 35.7 Å². The molecule has 2 aliphatic heterocycles. The Balaban J connectivity index is 1.30. The lowest BCUT2D eigenvalue weighted by Crippen LogP contribution is -2.48. The van der Waals surface area contributed by atoms with E-state index in [1.54, 1.807) is 31.4 Å². The summed E-state index contributed by atoms with van der Waals surface area (Å²) >= 11 is 0. The Kier molecular flexibility index (Phi) is 6.38. The zero-order valence-electron chi connectivity index (χ0n) is 20.8. The number of carbonyl (C=O) groups excluding carboxylic acids is 1. The van der Waals surface area contributed by atoms with Crippen molar-refractivity contribution in [3.8, 4) is 5.75 Å². The van der Waals surface area contributed by atoms with E-state index in [2.05, 4.69) is 4.90 Å². The van der Waals surface area contributed by atoms with Crippen molar-refractivity contribution < 1.29 is 17.9 Å². The number of carbonyl (C=O) groups is 1. The average molecular weight is 506 g/mol. The van der Waals surface area contributed by atoms with Crippen LogP contribution in [0.5, 0.6) is 5.75 Å². The van der Waals surface area contributed by atoms with Crippen LogP contribution in [0.25, 0.3) is 0 Å². The molecule has 1 amide bonds. The summed E-state index contributed by atoms with van der Waals surface area (Å²) in [5, 5.41) is 0. The van der Waals surface area contributed by atoms with E-state index in [-0.39, 0.29) is 16.8 Å². The number of hydrogen-bond acceptors (Lipinski definition) is 5. The first-order valence-corrected chi connectivity index (χ1v) is 13.6. The summed E-state index contributed by atoms with van der Waals surface area (Å²) in [5.41, 5.74) is 4.28. The Morgan fingerprint density at radius 2 is 1.58 bits per heavy atom. The van der Waals surface area contributed by atoms with Crippen LogP contribution >= 0.6 is 0 Å². The Labute approximate surface area is 212 Å². The van der Waals surface area contributed by atoms with Gasteiger partial charge in [0.2, 0.25) is 0 Å². The van der Waals surface area contributed by atoms with Gasteiger partial charge < -0.3 is 14.5 Å². The van der Waals surface area contributed by atoms with Gasteiger partial charge >= 0.3 is 0 Å². The molecule has 7 nitrogen and oxygen atoms in total. The Hall–Kier alpha value is -3.52. The molecule has 1 fully saturated rings. The Morgan fingerprint density at radius 3 is 2.22 bits per heavy atom. The van der Waals surface area contributed by atoms with Gasteiger partial charge in [0.15, 0.2) is 0 Å². The third-order valence-corrected chi connectivity index (χ3v) is 9.00. The second kappa shape index (κ2) is 9.50. The molecule has 0 radical (unpaired) electrons. The maximum absolute atomic E-state index is 13.4. The van der Waals surface area contributed by atoms with E-state index in [9.17, 15) is 13.2 Å². The highest BCUT2D eigenvalue weighted by molar-refractivity contribution is 7.92. The number of sulfonamides is 1. The third kappa shape index (κ3) is 4.41. The van der Waals surface area contributed by atoms with Crippen molar-refractivity contribution in [3.63, 3.8) is 0 Å². The highest BCUT2D eigenvalue weighted by Crippen LogP contribution is 2.37. The number of anilines is 2. The number of piperazine rings is 1. The van der Waals surface area contributed by atoms with Crippen molar-refractivity contribution >= 4 is 27.3 Å². The van der Waals surface area contributed by atoms with Crippen LogP contribution in [0.3, 0.4) is 0 Å². The Bertz CT molecular complexity index is 1360. The quantitative estimate of drug-likeness (QED) is 0.522. The molecule has 0 bridgehead atoms. The lowest BCUT2D eigenvalue weighted by Gasteiger charge is -2.36. The van der Waals surface area contributed by atoms with Gasteiger partial charge in [0.1, 0.15) is 5.75 Å². The second-order valence-electron chi connectivity index (χ2n) is 9.49. The van der Waals surface area contributed by atoms with Crippen LogP contribution in [-0.2, 0) is 16.4 Å². The summed E-state index contributed by atoms with van der Waals surface area (Å²) in [6, 6.07) is 20.1. The molecule has 0 spiro atoms. The molecule has 0 N–H and O–H groups in total. The maximum atomic E-state index is 13.4. The van der Waals surface area contributed by atoms with Crippen molar-refractivity contribution in [2.24, 2.45) is 0 Å². The monoisotopic (exact) mass is 505 g/mol. The number of rotatable bonds is 5.